The fraction of sp³-hybridized carbons (Fsp3) is 0.321. The quantitative estimate of drug-likeness (QED) is 0.373. The van der Waals surface area contributed by atoms with Crippen LogP contribution in [-0.2, 0) is 0 Å². The van der Waals surface area contributed by atoms with Gasteiger partial charge >= 0.3 is 0 Å². The van der Waals surface area contributed by atoms with Crippen LogP contribution in [0, 0.1) is 0 Å². The number of rotatable bonds is 8. The molecule has 0 spiro atoms. The van der Waals surface area contributed by atoms with Crippen molar-refractivity contribution in [3.8, 4) is 17.2 Å². The lowest BCUT2D eigenvalue weighted by molar-refractivity contribution is -0.0190. The molecule has 0 bridgehead atoms. The lowest BCUT2D eigenvalue weighted by Crippen LogP contribution is -2.33. The smallest absolute Gasteiger partial charge is 0.213 e. The van der Waals surface area contributed by atoms with Crippen molar-refractivity contribution in [3.05, 3.63) is 89.5 Å². The second kappa shape index (κ2) is 9.57. The van der Waals surface area contributed by atoms with E-state index in [0.717, 1.165) is 53.5 Å². The fourth-order valence-electron chi connectivity index (χ4n) is 4.48. The first kappa shape index (κ1) is 21.4. The van der Waals surface area contributed by atoms with Gasteiger partial charge in [0, 0.05) is 17.5 Å². The number of ether oxygens (including phenoxy) is 3. The van der Waals surface area contributed by atoms with Gasteiger partial charge in [-0.25, -0.2) is 5.01 Å². The van der Waals surface area contributed by atoms with Gasteiger partial charge in [-0.15, -0.1) is 0 Å². The van der Waals surface area contributed by atoms with Gasteiger partial charge in [0.2, 0.25) is 6.23 Å². The first-order chi connectivity index (χ1) is 16.3. The highest BCUT2D eigenvalue weighted by Crippen LogP contribution is 2.47. The van der Waals surface area contributed by atoms with Crippen LogP contribution in [0.15, 0.2) is 77.9 Å². The Morgan fingerprint density at radius 1 is 0.939 bits per heavy atom. The molecule has 5 nitrogen and oxygen atoms in total. The maximum atomic E-state index is 6.46. The molecule has 0 unspecified atom stereocenters. The summed E-state index contributed by atoms with van der Waals surface area (Å²) >= 11 is 0. The van der Waals surface area contributed by atoms with E-state index < -0.39 is 0 Å². The molecule has 2 aliphatic heterocycles. The van der Waals surface area contributed by atoms with Gasteiger partial charge in [0.05, 0.1) is 25.5 Å². The standard InChI is InChI=1S/C28H30N2O3/c1-3-4-7-18-32-23-16-12-21(13-17-23)28-30-26(24-8-5-6-9-27(24)33-28)19-25(29-30)20-10-14-22(31-2)15-11-20/h5-6,8-17,26,28H,3-4,7,18-19H2,1-2H3/t26-,28-/m1/s1. The summed E-state index contributed by atoms with van der Waals surface area (Å²) < 4.78 is 17.7. The zero-order valence-electron chi connectivity index (χ0n) is 19.2. The van der Waals surface area contributed by atoms with Crippen LogP contribution >= 0.6 is 0 Å². The van der Waals surface area contributed by atoms with Crippen molar-refractivity contribution in [3.63, 3.8) is 0 Å². The Morgan fingerprint density at radius 3 is 2.45 bits per heavy atom. The maximum Gasteiger partial charge on any atom is 0.213 e. The molecule has 0 amide bonds. The van der Waals surface area contributed by atoms with E-state index in [1.54, 1.807) is 7.11 Å². The molecule has 5 rings (SSSR count). The van der Waals surface area contributed by atoms with E-state index in [1.165, 1.54) is 18.4 Å². The van der Waals surface area contributed by atoms with Crippen LogP contribution in [0.5, 0.6) is 17.2 Å². The molecule has 2 atom stereocenters. The average Bonchev–Trinajstić information content (AvgIpc) is 3.32. The molecule has 0 radical (unpaired) electrons. The van der Waals surface area contributed by atoms with E-state index in [-0.39, 0.29) is 12.3 Å². The average molecular weight is 443 g/mol. The third kappa shape index (κ3) is 4.40. The third-order valence-electron chi connectivity index (χ3n) is 6.30. The van der Waals surface area contributed by atoms with Gasteiger partial charge in [-0.2, -0.15) is 5.10 Å². The molecule has 0 aliphatic carbocycles. The van der Waals surface area contributed by atoms with Crippen molar-refractivity contribution in [1.29, 1.82) is 0 Å². The Morgan fingerprint density at radius 2 is 1.70 bits per heavy atom. The van der Waals surface area contributed by atoms with Crippen molar-refractivity contribution < 1.29 is 14.2 Å². The van der Waals surface area contributed by atoms with E-state index in [4.69, 9.17) is 19.3 Å². The number of fused-ring (bicyclic) bond motifs is 3. The highest BCUT2D eigenvalue weighted by atomic mass is 16.5. The van der Waals surface area contributed by atoms with Crippen LogP contribution in [0.2, 0.25) is 0 Å². The summed E-state index contributed by atoms with van der Waals surface area (Å²) in [5.41, 5.74) is 4.41. The maximum absolute atomic E-state index is 6.46. The normalized spacial score (nSPS) is 18.7. The van der Waals surface area contributed by atoms with Gasteiger partial charge in [-0.1, -0.05) is 38.0 Å². The minimum atomic E-state index is -0.283. The summed E-state index contributed by atoms with van der Waals surface area (Å²) in [6, 6.07) is 24.8. The predicted octanol–water partition coefficient (Wildman–Crippen LogP) is 6.51. The Labute approximate surface area is 195 Å². The number of unbranched alkanes of at least 4 members (excludes halogenated alkanes) is 2. The zero-order valence-corrected chi connectivity index (χ0v) is 19.2. The first-order valence-corrected chi connectivity index (χ1v) is 11.8. The summed E-state index contributed by atoms with van der Waals surface area (Å²) in [5.74, 6) is 2.67. The minimum absolute atomic E-state index is 0.141. The van der Waals surface area contributed by atoms with Crippen LogP contribution in [0.3, 0.4) is 0 Å². The van der Waals surface area contributed by atoms with Crippen molar-refractivity contribution in [2.75, 3.05) is 13.7 Å². The van der Waals surface area contributed by atoms with Crippen LogP contribution in [-0.4, -0.2) is 24.4 Å². The molecule has 0 saturated carbocycles. The third-order valence-corrected chi connectivity index (χ3v) is 6.30. The lowest BCUT2D eigenvalue weighted by atomic mass is 9.96. The van der Waals surface area contributed by atoms with Gasteiger partial charge in [0.1, 0.15) is 17.2 Å². The second-order valence-corrected chi connectivity index (χ2v) is 8.51. The predicted molar refractivity (Wildman–Crippen MR) is 130 cm³/mol. The van der Waals surface area contributed by atoms with E-state index in [0.29, 0.717) is 0 Å². The molecule has 0 aromatic heterocycles. The summed E-state index contributed by atoms with van der Waals surface area (Å²) in [4.78, 5) is 0. The van der Waals surface area contributed by atoms with Crippen LogP contribution < -0.4 is 14.2 Å². The Balaban J connectivity index is 1.41. The number of hydrogen-bond donors (Lipinski definition) is 0. The number of methoxy groups -OCH3 is 1. The second-order valence-electron chi connectivity index (χ2n) is 8.51. The zero-order chi connectivity index (χ0) is 22.6. The highest BCUT2D eigenvalue weighted by Gasteiger charge is 2.40. The fourth-order valence-corrected chi connectivity index (χ4v) is 4.48. The molecule has 3 aromatic rings. The van der Waals surface area contributed by atoms with Crippen molar-refractivity contribution in [1.82, 2.24) is 5.01 Å². The topological polar surface area (TPSA) is 43.3 Å². The number of para-hydroxylation sites is 1. The summed E-state index contributed by atoms with van der Waals surface area (Å²) in [6.07, 6.45) is 4.02. The molecule has 2 aliphatic rings. The summed E-state index contributed by atoms with van der Waals surface area (Å²) in [5, 5.41) is 7.15. The van der Waals surface area contributed by atoms with Gasteiger partial charge in [-0.05, 0) is 66.6 Å². The number of benzene rings is 3. The Bertz CT molecular complexity index is 1110. The number of hydrogen-bond acceptors (Lipinski definition) is 5. The summed E-state index contributed by atoms with van der Waals surface area (Å²) in [6.45, 7) is 2.95. The minimum Gasteiger partial charge on any atom is -0.497 e. The highest BCUT2D eigenvalue weighted by molar-refractivity contribution is 6.02. The Kier molecular flexibility index (Phi) is 6.20. The largest absolute Gasteiger partial charge is 0.497 e. The molecule has 0 N–H and O–H groups in total. The van der Waals surface area contributed by atoms with Gasteiger partial charge in [0.25, 0.3) is 0 Å². The molecule has 0 saturated heterocycles. The van der Waals surface area contributed by atoms with Crippen LogP contribution in [0.1, 0.15) is 61.6 Å². The van der Waals surface area contributed by atoms with Crippen molar-refractivity contribution >= 4 is 5.71 Å². The molecule has 3 aromatic carbocycles. The van der Waals surface area contributed by atoms with Gasteiger partial charge < -0.3 is 14.2 Å². The van der Waals surface area contributed by atoms with Crippen LogP contribution in [0.4, 0.5) is 0 Å². The van der Waals surface area contributed by atoms with E-state index >= 15 is 0 Å². The molecule has 170 valence electrons. The van der Waals surface area contributed by atoms with E-state index in [2.05, 4.69) is 54.4 Å². The van der Waals surface area contributed by atoms with Crippen molar-refractivity contribution in [2.24, 2.45) is 5.10 Å². The van der Waals surface area contributed by atoms with E-state index in [1.807, 2.05) is 30.3 Å². The molecular formula is C28H30N2O3. The molecule has 33 heavy (non-hydrogen) atoms. The Hall–Kier alpha value is -3.47. The molecular weight excluding hydrogens is 412 g/mol. The SMILES string of the molecule is CCCCCOc1ccc([C@H]2Oc3ccccc3[C@H]3CC(c4ccc(OC)cc4)=NN32)cc1. The van der Waals surface area contributed by atoms with Crippen LogP contribution in [0.25, 0.3) is 0 Å². The number of hydrazone groups is 1. The molecule has 5 heteroatoms. The number of nitrogens with zero attached hydrogens (tertiary/aromatic N) is 2. The van der Waals surface area contributed by atoms with E-state index in [9.17, 15) is 0 Å². The van der Waals surface area contributed by atoms with Gasteiger partial charge in [-0.3, -0.25) is 0 Å². The monoisotopic (exact) mass is 442 g/mol. The van der Waals surface area contributed by atoms with Crippen molar-refractivity contribution in [2.45, 2.75) is 44.9 Å². The van der Waals surface area contributed by atoms with Gasteiger partial charge in [0.15, 0.2) is 0 Å². The first-order valence-electron chi connectivity index (χ1n) is 11.8. The summed E-state index contributed by atoms with van der Waals surface area (Å²) in [7, 11) is 1.68. The lowest BCUT2D eigenvalue weighted by Gasteiger charge is -2.38. The molecule has 2 heterocycles. The molecule has 0 fully saturated rings.